The van der Waals surface area contributed by atoms with Crippen molar-refractivity contribution in [1.29, 1.82) is 0 Å². The molecule has 0 fully saturated rings. The predicted octanol–water partition coefficient (Wildman–Crippen LogP) is 0.905. The van der Waals surface area contributed by atoms with Crippen molar-refractivity contribution >= 4 is 5.96 Å². The molecule has 0 rings (SSSR count). The zero-order valence-corrected chi connectivity index (χ0v) is 12.4. The van der Waals surface area contributed by atoms with Gasteiger partial charge in [0.1, 0.15) is 0 Å². The van der Waals surface area contributed by atoms with Crippen LogP contribution in [0.25, 0.3) is 0 Å². The van der Waals surface area contributed by atoms with Gasteiger partial charge in [-0.05, 0) is 32.4 Å². The van der Waals surface area contributed by atoms with Crippen molar-refractivity contribution in [2.75, 3.05) is 46.9 Å². The van der Waals surface area contributed by atoms with E-state index in [9.17, 15) is 0 Å². The molecule has 5 nitrogen and oxygen atoms in total. The van der Waals surface area contributed by atoms with E-state index in [1.165, 1.54) is 0 Å². The summed E-state index contributed by atoms with van der Waals surface area (Å²) in [5.74, 6) is 1.26. The maximum atomic E-state index is 5.76. The van der Waals surface area contributed by atoms with Crippen molar-refractivity contribution in [3.63, 3.8) is 0 Å². The van der Waals surface area contributed by atoms with E-state index in [1.807, 2.05) is 0 Å². The first kappa shape index (κ1) is 17.2. The van der Waals surface area contributed by atoms with E-state index in [0.717, 1.165) is 45.6 Å². The van der Waals surface area contributed by atoms with Crippen molar-refractivity contribution < 1.29 is 4.74 Å². The minimum absolute atomic E-state index is 0.565. The van der Waals surface area contributed by atoms with Crippen molar-refractivity contribution in [3.8, 4) is 0 Å². The van der Waals surface area contributed by atoms with Crippen molar-refractivity contribution in [3.05, 3.63) is 0 Å². The highest BCUT2D eigenvalue weighted by atomic mass is 16.5. The van der Waals surface area contributed by atoms with E-state index >= 15 is 0 Å². The minimum Gasteiger partial charge on any atom is -0.383 e. The van der Waals surface area contributed by atoms with E-state index in [0.29, 0.717) is 11.9 Å². The van der Waals surface area contributed by atoms with Crippen LogP contribution in [0.4, 0.5) is 0 Å². The Balaban J connectivity index is 3.49. The average Bonchev–Trinajstić information content (AvgIpc) is 2.31. The molecule has 0 saturated carbocycles. The molecule has 0 aliphatic heterocycles. The van der Waals surface area contributed by atoms with Crippen LogP contribution in [0.2, 0.25) is 0 Å². The fourth-order valence-corrected chi connectivity index (χ4v) is 1.44. The largest absolute Gasteiger partial charge is 0.383 e. The molecule has 0 aromatic carbocycles. The van der Waals surface area contributed by atoms with E-state index in [1.54, 1.807) is 7.11 Å². The molecule has 0 spiro atoms. The predicted molar refractivity (Wildman–Crippen MR) is 77.9 cm³/mol. The van der Waals surface area contributed by atoms with Gasteiger partial charge >= 0.3 is 0 Å². The molecule has 0 atom stereocenters. The fourth-order valence-electron chi connectivity index (χ4n) is 1.44. The van der Waals surface area contributed by atoms with Gasteiger partial charge in [-0.1, -0.05) is 13.8 Å². The summed E-state index contributed by atoms with van der Waals surface area (Å²) >= 11 is 0. The van der Waals surface area contributed by atoms with Crippen LogP contribution in [-0.2, 0) is 4.74 Å². The average molecular weight is 258 g/mol. The Morgan fingerprint density at radius 3 is 2.72 bits per heavy atom. The smallest absolute Gasteiger partial charge is 0.188 e. The Morgan fingerprint density at radius 2 is 2.11 bits per heavy atom. The van der Waals surface area contributed by atoms with Gasteiger partial charge in [0.15, 0.2) is 5.96 Å². The summed E-state index contributed by atoms with van der Waals surface area (Å²) in [7, 11) is 3.81. The maximum Gasteiger partial charge on any atom is 0.188 e. The lowest BCUT2D eigenvalue weighted by molar-refractivity contribution is 0.161. The third-order valence-electron chi connectivity index (χ3n) is 2.69. The Morgan fingerprint density at radius 1 is 1.39 bits per heavy atom. The highest BCUT2D eigenvalue weighted by molar-refractivity contribution is 5.77. The third-order valence-corrected chi connectivity index (χ3v) is 2.69. The molecule has 0 aliphatic rings. The number of likely N-dealkylation sites (N-methyl/N-ethyl adjacent to an activating group) is 1. The molecule has 0 aliphatic carbocycles. The summed E-state index contributed by atoms with van der Waals surface area (Å²) in [5, 5.41) is 3.13. The molecule has 108 valence electrons. The van der Waals surface area contributed by atoms with Gasteiger partial charge in [-0.2, -0.15) is 0 Å². The molecule has 0 saturated heterocycles. The molecular weight excluding hydrogens is 228 g/mol. The van der Waals surface area contributed by atoms with Crippen molar-refractivity contribution in [1.82, 2.24) is 10.2 Å². The molecule has 0 radical (unpaired) electrons. The van der Waals surface area contributed by atoms with E-state index in [-0.39, 0.29) is 0 Å². The van der Waals surface area contributed by atoms with Gasteiger partial charge in [-0.3, -0.25) is 4.99 Å². The van der Waals surface area contributed by atoms with Gasteiger partial charge in [-0.15, -0.1) is 0 Å². The Labute approximate surface area is 112 Å². The first-order valence-electron chi connectivity index (χ1n) is 6.77. The third kappa shape index (κ3) is 11.7. The molecule has 0 aromatic heterocycles. The lowest BCUT2D eigenvalue weighted by Crippen LogP contribution is -2.33. The second-order valence-corrected chi connectivity index (χ2v) is 5.03. The normalized spacial score (nSPS) is 12.4. The summed E-state index contributed by atoms with van der Waals surface area (Å²) < 4.78 is 5.02. The maximum absolute atomic E-state index is 5.76. The molecule has 0 aromatic rings. The van der Waals surface area contributed by atoms with Crippen LogP contribution in [-0.4, -0.2) is 57.8 Å². The molecule has 0 unspecified atom stereocenters. The Bertz CT molecular complexity index is 219. The first-order valence-corrected chi connectivity index (χ1v) is 6.77. The summed E-state index contributed by atoms with van der Waals surface area (Å²) in [6, 6.07) is 0. The number of ether oxygens (including phenoxy) is 1. The number of methoxy groups -OCH3 is 1. The second-order valence-electron chi connectivity index (χ2n) is 5.03. The molecule has 18 heavy (non-hydrogen) atoms. The number of rotatable bonds is 10. The van der Waals surface area contributed by atoms with Gasteiger partial charge < -0.3 is 20.7 Å². The van der Waals surface area contributed by atoms with Crippen LogP contribution in [0.5, 0.6) is 0 Å². The van der Waals surface area contributed by atoms with E-state index in [4.69, 9.17) is 10.5 Å². The Kier molecular flexibility index (Phi) is 10.8. The van der Waals surface area contributed by atoms with Crippen LogP contribution in [0.1, 0.15) is 26.7 Å². The van der Waals surface area contributed by atoms with Crippen LogP contribution in [0.3, 0.4) is 0 Å². The molecule has 3 N–H and O–H groups in total. The SMILES string of the molecule is COCCN(C)CCCN=C(N)NCCC(C)C. The highest BCUT2D eigenvalue weighted by Gasteiger charge is 1.98. The molecule has 0 bridgehead atoms. The molecule has 0 amide bonds. The molecule has 5 heteroatoms. The molecular formula is C13H30N4O. The summed E-state index contributed by atoms with van der Waals surface area (Å²) in [5.41, 5.74) is 5.76. The number of nitrogens with one attached hydrogen (secondary N) is 1. The number of hydrogen-bond donors (Lipinski definition) is 2. The second kappa shape index (κ2) is 11.3. The first-order chi connectivity index (χ1) is 8.56. The van der Waals surface area contributed by atoms with Gasteiger partial charge in [0, 0.05) is 26.7 Å². The molecule has 0 heterocycles. The highest BCUT2D eigenvalue weighted by Crippen LogP contribution is 1.95. The van der Waals surface area contributed by atoms with E-state index < -0.39 is 0 Å². The lowest BCUT2D eigenvalue weighted by atomic mass is 10.1. The van der Waals surface area contributed by atoms with Crippen LogP contribution >= 0.6 is 0 Å². The quantitative estimate of drug-likeness (QED) is 0.347. The van der Waals surface area contributed by atoms with E-state index in [2.05, 4.69) is 36.1 Å². The summed E-state index contributed by atoms with van der Waals surface area (Å²) in [6.07, 6.45) is 2.14. The van der Waals surface area contributed by atoms with Crippen LogP contribution in [0, 0.1) is 5.92 Å². The number of nitrogens with zero attached hydrogens (tertiary/aromatic N) is 2. The number of aliphatic imine (C=N–C) groups is 1. The standard InChI is InChI=1S/C13H30N4O/c1-12(2)6-8-16-13(14)15-7-5-9-17(3)10-11-18-4/h12H,5-11H2,1-4H3,(H3,14,15,16). The van der Waals surface area contributed by atoms with Crippen LogP contribution in [0.15, 0.2) is 4.99 Å². The monoisotopic (exact) mass is 258 g/mol. The summed E-state index contributed by atoms with van der Waals surface area (Å²) in [6.45, 7) is 8.83. The number of nitrogens with two attached hydrogens (primary N) is 1. The van der Waals surface area contributed by atoms with Crippen molar-refractivity contribution in [2.45, 2.75) is 26.7 Å². The lowest BCUT2D eigenvalue weighted by Gasteiger charge is -2.15. The topological polar surface area (TPSA) is 62.9 Å². The summed E-state index contributed by atoms with van der Waals surface area (Å²) in [4.78, 5) is 6.54. The minimum atomic E-state index is 0.565. The Hall–Kier alpha value is -0.810. The van der Waals surface area contributed by atoms with Gasteiger partial charge in [0.05, 0.1) is 6.61 Å². The number of hydrogen-bond acceptors (Lipinski definition) is 3. The van der Waals surface area contributed by atoms with Crippen LogP contribution < -0.4 is 11.1 Å². The fraction of sp³-hybridized carbons (Fsp3) is 0.923. The van der Waals surface area contributed by atoms with Gasteiger partial charge in [0.2, 0.25) is 0 Å². The zero-order valence-electron chi connectivity index (χ0n) is 12.4. The zero-order chi connectivity index (χ0) is 13.8. The number of guanidine groups is 1. The van der Waals surface area contributed by atoms with Gasteiger partial charge in [-0.25, -0.2) is 0 Å². The van der Waals surface area contributed by atoms with Gasteiger partial charge in [0.25, 0.3) is 0 Å². The van der Waals surface area contributed by atoms with Crippen molar-refractivity contribution in [2.24, 2.45) is 16.6 Å².